The van der Waals surface area contributed by atoms with Gasteiger partial charge in [-0.05, 0) is 59.0 Å². The summed E-state index contributed by atoms with van der Waals surface area (Å²) in [5, 5.41) is 20.8. The standard InChI is InChI=1S/C17H28BN2O3/c1-16(2,3)23-12-7-13-5-6-14-15(20(13)22)19(18(4)21)11-10-17(14)8-9-17/h5-6,21-22H,7-12H2,1-4H3/q+1. The summed E-state index contributed by atoms with van der Waals surface area (Å²) in [6, 6.07) is 4.13. The van der Waals surface area contributed by atoms with Gasteiger partial charge in [0.15, 0.2) is 5.69 Å². The fourth-order valence-corrected chi connectivity index (χ4v) is 3.53. The number of rotatable bonds is 4. The van der Waals surface area contributed by atoms with Crippen LogP contribution in [0.4, 0.5) is 5.82 Å². The second-order valence-electron chi connectivity index (χ2n) is 7.94. The molecule has 1 fully saturated rings. The van der Waals surface area contributed by atoms with Crippen molar-refractivity contribution in [2.75, 3.05) is 18.0 Å². The average molecular weight is 319 g/mol. The van der Waals surface area contributed by atoms with Gasteiger partial charge in [-0.1, -0.05) is 4.73 Å². The largest absolute Gasteiger partial charge is 0.532 e. The van der Waals surface area contributed by atoms with Crippen LogP contribution in [0.5, 0.6) is 0 Å². The molecule has 0 aromatic carbocycles. The monoisotopic (exact) mass is 319 g/mol. The van der Waals surface area contributed by atoms with E-state index in [-0.39, 0.29) is 11.0 Å². The molecule has 1 spiro atoms. The molecule has 2 heterocycles. The molecule has 1 aliphatic carbocycles. The van der Waals surface area contributed by atoms with Crippen molar-refractivity contribution in [1.29, 1.82) is 0 Å². The number of aromatic nitrogens is 1. The Balaban J connectivity index is 1.88. The first-order valence-corrected chi connectivity index (χ1v) is 8.60. The molecule has 6 heteroatoms. The summed E-state index contributed by atoms with van der Waals surface area (Å²) in [6.45, 7) is 9.18. The molecule has 5 nitrogen and oxygen atoms in total. The molecular weight excluding hydrogens is 291 g/mol. The minimum atomic E-state index is -0.607. The van der Waals surface area contributed by atoms with Crippen LogP contribution in [-0.4, -0.2) is 36.0 Å². The molecule has 1 saturated carbocycles. The fraction of sp³-hybridized carbons (Fsp3) is 0.706. The Hall–Kier alpha value is -1.27. The average Bonchev–Trinajstić information content (AvgIpc) is 3.21. The van der Waals surface area contributed by atoms with Crippen molar-refractivity contribution in [2.45, 2.75) is 64.3 Å². The number of anilines is 1. The van der Waals surface area contributed by atoms with Crippen molar-refractivity contribution in [2.24, 2.45) is 0 Å². The maximum atomic E-state index is 10.8. The van der Waals surface area contributed by atoms with E-state index in [0.717, 1.165) is 24.5 Å². The SMILES string of the molecule is CB(O)N1CCC2(CC2)c2ccc(CCOC(C)(C)C)[n+](O)c21. The van der Waals surface area contributed by atoms with Crippen LogP contribution in [0.1, 0.15) is 51.3 Å². The highest BCUT2D eigenvalue weighted by Gasteiger charge is 2.54. The van der Waals surface area contributed by atoms with Gasteiger partial charge in [0.05, 0.1) is 18.8 Å². The van der Waals surface area contributed by atoms with Crippen LogP contribution in [0.15, 0.2) is 12.1 Å². The zero-order chi connectivity index (χ0) is 16.8. The molecule has 1 aromatic heterocycles. The van der Waals surface area contributed by atoms with E-state index >= 15 is 0 Å². The van der Waals surface area contributed by atoms with Crippen LogP contribution < -0.4 is 9.54 Å². The quantitative estimate of drug-likeness (QED) is 0.506. The third-order valence-electron chi connectivity index (χ3n) is 5.03. The van der Waals surface area contributed by atoms with Gasteiger partial charge in [-0.3, -0.25) is 4.81 Å². The maximum absolute atomic E-state index is 10.8. The number of pyridine rings is 1. The Morgan fingerprint density at radius 2 is 2.00 bits per heavy atom. The minimum absolute atomic E-state index is 0.182. The van der Waals surface area contributed by atoms with E-state index in [1.54, 1.807) is 6.82 Å². The van der Waals surface area contributed by atoms with Crippen LogP contribution in [0.3, 0.4) is 0 Å². The minimum Gasteiger partial charge on any atom is -0.412 e. The van der Waals surface area contributed by atoms with Crippen LogP contribution in [0.25, 0.3) is 0 Å². The van der Waals surface area contributed by atoms with Gasteiger partial charge >= 0.3 is 12.9 Å². The lowest BCUT2D eigenvalue weighted by molar-refractivity contribution is -0.899. The van der Waals surface area contributed by atoms with E-state index in [4.69, 9.17) is 4.74 Å². The normalized spacial score (nSPS) is 18.9. The lowest BCUT2D eigenvalue weighted by Gasteiger charge is -2.31. The highest BCUT2D eigenvalue weighted by molar-refractivity contribution is 6.53. The van der Waals surface area contributed by atoms with Crippen LogP contribution in [0.2, 0.25) is 6.82 Å². The zero-order valence-electron chi connectivity index (χ0n) is 14.7. The number of fused-ring (bicyclic) bond motifs is 2. The Labute approximate surface area is 139 Å². The molecular formula is C17H28BN2O3+. The Morgan fingerprint density at radius 1 is 1.30 bits per heavy atom. The molecule has 2 N–H and O–H groups in total. The first-order chi connectivity index (χ1) is 10.7. The van der Waals surface area contributed by atoms with Crippen molar-refractivity contribution in [3.63, 3.8) is 0 Å². The highest BCUT2D eigenvalue weighted by atomic mass is 16.5. The molecule has 1 aromatic rings. The lowest BCUT2D eigenvalue weighted by Crippen LogP contribution is -2.53. The Bertz CT molecular complexity index is 594. The molecule has 0 bridgehead atoms. The third-order valence-corrected chi connectivity index (χ3v) is 5.03. The first kappa shape index (κ1) is 16.6. The van der Waals surface area contributed by atoms with Crippen LogP contribution in [0, 0.1) is 0 Å². The Kier molecular flexibility index (Phi) is 4.09. The molecule has 23 heavy (non-hydrogen) atoms. The summed E-state index contributed by atoms with van der Waals surface area (Å²) < 4.78 is 7.04. The summed E-state index contributed by atoms with van der Waals surface area (Å²) in [4.78, 5) is 1.90. The van der Waals surface area contributed by atoms with E-state index in [1.165, 1.54) is 23.1 Å². The van der Waals surface area contributed by atoms with Crippen molar-refractivity contribution in [3.8, 4) is 0 Å². The predicted octanol–water partition coefficient (Wildman–Crippen LogP) is 1.92. The highest BCUT2D eigenvalue weighted by Crippen LogP contribution is 2.55. The second kappa shape index (κ2) is 5.67. The third kappa shape index (κ3) is 3.19. The van der Waals surface area contributed by atoms with Gasteiger partial charge in [0.2, 0.25) is 0 Å². The molecule has 126 valence electrons. The van der Waals surface area contributed by atoms with E-state index in [0.29, 0.717) is 13.0 Å². The summed E-state index contributed by atoms with van der Waals surface area (Å²) in [6.07, 6.45) is 4.05. The van der Waals surface area contributed by atoms with Gasteiger partial charge in [-0.25, -0.2) is 0 Å². The summed E-state index contributed by atoms with van der Waals surface area (Å²) in [7, 11) is -0.607. The van der Waals surface area contributed by atoms with E-state index in [9.17, 15) is 10.2 Å². The first-order valence-electron chi connectivity index (χ1n) is 8.60. The molecule has 0 atom stereocenters. The van der Waals surface area contributed by atoms with Crippen molar-refractivity contribution >= 4 is 12.9 Å². The van der Waals surface area contributed by atoms with Gasteiger partial charge in [-0.2, -0.15) is 0 Å². The van der Waals surface area contributed by atoms with Gasteiger partial charge in [0, 0.05) is 17.4 Å². The van der Waals surface area contributed by atoms with E-state index < -0.39 is 7.05 Å². The second-order valence-corrected chi connectivity index (χ2v) is 7.94. The van der Waals surface area contributed by atoms with Crippen molar-refractivity contribution < 1.29 is 19.7 Å². The molecule has 2 aliphatic rings. The van der Waals surface area contributed by atoms with Crippen molar-refractivity contribution in [3.05, 3.63) is 23.4 Å². The van der Waals surface area contributed by atoms with Crippen molar-refractivity contribution in [1.82, 2.24) is 0 Å². The predicted molar refractivity (Wildman–Crippen MR) is 89.9 cm³/mol. The molecule has 3 rings (SSSR count). The van der Waals surface area contributed by atoms with Gasteiger partial charge < -0.3 is 15.0 Å². The lowest BCUT2D eigenvalue weighted by atomic mass is 9.78. The maximum Gasteiger partial charge on any atom is 0.532 e. The van der Waals surface area contributed by atoms with Gasteiger partial charge in [-0.15, -0.1) is 0 Å². The number of hydrogen-bond acceptors (Lipinski definition) is 4. The summed E-state index contributed by atoms with van der Waals surface area (Å²) in [5.74, 6) is 0.761. The fourth-order valence-electron chi connectivity index (χ4n) is 3.53. The summed E-state index contributed by atoms with van der Waals surface area (Å²) >= 11 is 0. The van der Waals surface area contributed by atoms with Gasteiger partial charge in [0.25, 0.3) is 0 Å². The molecule has 0 amide bonds. The number of nitrogens with zero attached hydrogens (tertiary/aromatic N) is 2. The Morgan fingerprint density at radius 3 is 2.57 bits per heavy atom. The zero-order valence-corrected chi connectivity index (χ0v) is 14.7. The smallest absolute Gasteiger partial charge is 0.412 e. The molecule has 0 saturated heterocycles. The topological polar surface area (TPSA) is 56.8 Å². The number of hydrogen-bond donors (Lipinski definition) is 2. The van der Waals surface area contributed by atoms with Crippen LogP contribution >= 0.6 is 0 Å². The number of ether oxygens (including phenoxy) is 1. The van der Waals surface area contributed by atoms with Gasteiger partial charge in [0.1, 0.15) is 0 Å². The van der Waals surface area contributed by atoms with E-state index in [1.807, 2.05) is 31.6 Å². The molecule has 0 radical (unpaired) electrons. The molecule has 0 unspecified atom stereocenters. The van der Waals surface area contributed by atoms with Crippen LogP contribution in [-0.2, 0) is 16.6 Å². The summed E-state index contributed by atoms with van der Waals surface area (Å²) in [5.41, 5.74) is 2.04. The van der Waals surface area contributed by atoms with E-state index in [2.05, 4.69) is 6.07 Å². The molecule has 1 aliphatic heterocycles.